The van der Waals surface area contributed by atoms with E-state index in [1.165, 1.54) is 25.1 Å². The molecular formula is C18H18BrFN2O5S. The number of ether oxygens (including phenoxy) is 1. The van der Waals surface area contributed by atoms with Crippen molar-refractivity contribution in [3.8, 4) is 5.75 Å². The van der Waals surface area contributed by atoms with Gasteiger partial charge in [0.05, 0.1) is 5.75 Å². The van der Waals surface area contributed by atoms with Crippen molar-refractivity contribution in [3.05, 3.63) is 64.4 Å². The molecule has 10 heteroatoms. The van der Waals surface area contributed by atoms with Crippen molar-refractivity contribution in [1.29, 1.82) is 0 Å². The highest BCUT2D eigenvalue weighted by molar-refractivity contribution is 9.10. The Balaban J connectivity index is 1.83. The first-order chi connectivity index (χ1) is 13.2. The van der Waals surface area contributed by atoms with Gasteiger partial charge >= 0.3 is 0 Å². The maximum atomic E-state index is 13.5. The smallest absolute Gasteiger partial charge is 0.279 e. The lowest BCUT2D eigenvalue weighted by Gasteiger charge is -2.15. The van der Waals surface area contributed by atoms with Crippen molar-refractivity contribution >= 4 is 37.6 Å². The van der Waals surface area contributed by atoms with Crippen molar-refractivity contribution in [2.24, 2.45) is 0 Å². The third-order valence-electron chi connectivity index (χ3n) is 3.46. The Morgan fingerprint density at radius 3 is 2.54 bits per heavy atom. The zero-order valence-corrected chi connectivity index (χ0v) is 17.2. The van der Waals surface area contributed by atoms with Gasteiger partial charge in [-0.05, 0) is 36.8 Å². The topological polar surface area (TPSA) is 102 Å². The van der Waals surface area contributed by atoms with Gasteiger partial charge in [0.1, 0.15) is 5.75 Å². The number of nitrogens with one attached hydrogen (secondary N) is 2. The summed E-state index contributed by atoms with van der Waals surface area (Å²) in [7, 11) is -3.74. The van der Waals surface area contributed by atoms with Crippen LogP contribution in [0.4, 0.5) is 4.39 Å². The molecule has 28 heavy (non-hydrogen) atoms. The molecule has 2 N–H and O–H groups in total. The quantitative estimate of drug-likeness (QED) is 0.600. The lowest BCUT2D eigenvalue weighted by Crippen LogP contribution is -2.48. The first kappa shape index (κ1) is 21.8. The van der Waals surface area contributed by atoms with Crippen LogP contribution in [0.5, 0.6) is 5.75 Å². The molecule has 0 saturated carbocycles. The second-order valence-electron chi connectivity index (χ2n) is 5.89. The Labute approximate surface area is 170 Å². The summed E-state index contributed by atoms with van der Waals surface area (Å²) < 4.78 is 43.7. The van der Waals surface area contributed by atoms with Crippen molar-refractivity contribution in [2.75, 3.05) is 5.75 Å². The molecule has 0 heterocycles. The minimum Gasteiger partial charge on any atom is -0.478 e. The Kier molecular flexibility index (Phi) is 7.53. The van der Waals surface area contributed by atoms with E-state index < -0.39 is 39.3 Å². The van der Waals surface area contributed by atoms with Crippen LogP contribution >= 0.6 is 15.9 Å². The normalized spacial score (nSPS) is 12.1. The van der Waals surface area contributed by atoms with E-state index in [0.29, 0.717) is 5.56 Å². The van der Waals surface area contributed by atoms with Crippen LogP contribution in [0.1, 0.15) is 12.5 Å². The Bertz CT molecular complexity index is 968. The van der Waals surface area contributed by atoms with Gasteiger partial charge in [0.15, 0.2) is 27.5 Å². The first-order valence-corrected chi connectivity index (χ1v) is 10.7. The Morgan fingerprint density at radius 2 is 1.86 bits per heavy atom. The molecule has 0 saturated heterocycles. The zero-order valence-electron chi connectivity index (χ0n) is 14.8. The average Bonchev–Trinajstić information content (AvgIpc) is 2.60. The monoisotopic (exact) mass is 472 g/mol. The van der Waals surface area contributed by atoms with E-state index in [9.17, 15) is 22.4 Å². The van der Waals surface area contributed by atoms with Crippen molar-refractivity contribution in [1.82, 2.24) is 10.9 Å². The molecule has 2 aromatic rings. The van der Waals surface area contributed by atoms with E-state index in [0.717, 1.165) is 4.47 Å². The van der Waals surface area contributed by atoms with Gasteiger partial charge in [0.2, 0.25) is 0 Å². The summed E-state index contributed by atoms with van der Waals surface area (Å²) in [5.41, 5.74) is 4.60. The van der Waals surface area contributed by atoms with Crippen LogP contribution in [0.25, 0.3) is 0 Å². The number of rotatable bonds is 7. The molecule has 150 valence electrons. The van der Waals surface area contributed by atoms with Crippen LogP contribution in [0.2, 0.25) is 0 Å². The number of hydrogen-bond donors (Lipinski definition) is 2. The summed E-state index contributed by atoms with van der Waals surface area (Å²) in [6.45, 7) is 1.36. The fourth-order valence-corrected chi connectivity index (χ4v) is 3.89. The largest absolute Gasteiger partial charge is 0.478 e. The maximum Gasteiger partial charge on any atom is 0.279 e. The third kappa shape index (κ3) is 6.93. The number of carbonyl (C=O) groups excluding carboxylic acids is 2. The van der Waals surface area contributed by atoms with Gasteiger partial charge in [-0.3, -0.25) is 20.4 Å². The summed E-state index contributed by atoms with van der Waals surface area (Å²) in [5, 5.41) is 0. The molecule has 7 nitrogen and oxygen atoms in total. The molecule has 2 amide bonds. The molecule has 0 aliphatic heterocycles. The minimum atomic E-state index is -3.74. The molecule has 2 rings (SSSR count). The predicted molar refractivity (Wildman–Crippen MR) is 104 cm³/mol. The molecule has 0 aromatic heterocycles. The second kappa shape index (κ2) is 9.65. The molecule has 0 bridgehead atoms. The molecule has 0 aliphatic rings. The molecule has 0 spiro atoms. The van der Waals surface area contributed by atoms with E-state index in [4.69, 9.17) is 4.74 Å². The minimum absolute atomic E-state index is 0.118. The number of benzene rings is 2. The van der Waals surface area contributed by atoms with Gasteiger partial charge in [-0.15, -0.1) is 0 Å². The number of hydrazine groups is 1. The number of amides is 2. The molecule has 2 aromatic carbocycles. The van der Waals surface area contributed by atoms with Gasteiger partial charge < -0.3 is 4.74 Å². The highest BCUT2D eigenvalue weighted by atomic mass is 79.9. The van der Waals surface area contributed by atoms with E-state index in [1.807, 2.05) is 5.43 Å². The van der Waals surface area contributed by atoms with Crippen molar-refractivity contribution in [3.63, 3.8) is 0 Å². The molecule has 1 atom stereocenters. The zero-order chi connectivity index (χ0) is 20.7. The van der Waals surface area contributed by atoms with Crippen molar-refractivity contribution < 1.29 is 27.1 Å². The Hall–Kier alpha value is -2.46. The average molecular weight is 473 g/mol. The number of sulfone groups is 1. The van der Waals surface area contributed by atoms with Crippen LogP contribution in [0.15, 0.2) is 53.0 Å². The van der Waals surface area contributed by atoms with E-state index in [1.54, 1.807) is 30.3 Å². The van der Waals surface area contributed by atoms with Crippen LogP contribution in [-0.4, -0.2) is 32.1 Å². The summed E-state index contributed by atoms with van der Waals surface area (Å²) in [4.78, 5) is 23.8. The predicted octanol–water partition coefficient (Wildman–Crippen LogP) is 2.12. The van der Waals surface area contributed by atoms with E-state index in [-0.39, 0.29) is 11.5 Å². The number of hydrogen-bond acceptors (Lipinski definition) is 5. The third-order valence-corrected chi connectivity index (χ3v) is 5.43. The van der Waals surface area contributed by atoms with Gasteiger partial charge in [-0.25, -0.2) is 12.8 Å². The van der Waals surface area contributed by atoms with E-state index in [2.05, 4.69) is 21.4 Å². The van der Waals surface area contributed by atoms with Crippen LogP contribution in [0, 0.1) is 5.82 Å². The Morgan fingerprint density at radius 1 is 1.14 bits per heavy atom. The lowest BCUT2D eigenvalue weighted by atomic mass is 10.2. The van der Waals surface area contributed by atoms with Crippen LogP contribution in [0.3, 0.4) is 0 Å². The fourth-order valence-electron chi connectivity index (χ4n) is 2.18. The van der Waals surface area contributed by atoms with E-state index >= 15 is 0 Å². The summed E-state index contributed by atoms with van der Waals surface area (Å²) >= 11 is 3.25. The van der Waals surface area contributed by atoms with Crippen molar-refractivity contribution in [2.45, 2.75) is 18.8 Å². The van der Waals surface area contributed by atoms with Crippen LogP contribution in [-0.2, 0) is 25.2 Å². The van der Waals surface area contributed by atoms with Gasteiger partial charge in [0.25, 0.3) is 11.8 Å². The molecule has 0 radical (unpaired) electrons. The highest BCUT2D eigenvalue weighted by Gasteiger charge is 2.20. The van der Waals surface area contributed by atoms with Crippen LogP contribution < -0.4 is 15.6 Å². The SMILES string of the molecule is CC(Oc1ccccc1F)C(=O)NNC(=O)CS(=O)(=O)Cc1cccc(Br)c1. The van der Waals surface area contributed by atoms with Gasteiger partial charge in [-0.2, -0.15) is 0 Å². The lowest BCUT2D eigenvalue weighted by molar-refractivity contribution is -0.132. The molecule has 1 unspecified atom stereocenters. The molecule has 0 fully saturated rings. The number of halogens is 2. The fraction of sp³-hybridized carbons (Fsp3) is 0.222. The summed E-state index contributed by atoms with van der Waals surface area (Å²) in [5.74, 6) is -3.54. The molecular weight excluding hydrogens is 455 g/mol. The van der Waals surface area contributed by atoms with Gasteiger partial charge in [0, 0.05) is 4.47 Å². The summed E-state index contributed by atoms with van der Waals surface area (Å²) in [6, 6.07) is 12.3. The maximum absolute atomic E-state index is 13.5. The second-order valence-corrected chi connectivity index (χ2v) is 8.87. The summed E-state index contributed by atoms with van der Waals surface area (Å²) in [6.07, 6.45) is -1.12. The standard InChI is InChI=1S/C18H18BrFN2O5S/c1-12(27-16-8-3-2-7-15(16)20)18(24)22-21-17(23)11-28(25,26)10-13-5-4-6-14(19)9-13/h2-9,12H,10-11H2,1H3,(H,21,23)(H,22,24). The first-order valence-electron chi connectivity index (χ1n) is 8.11. The number of carbonyl (C=O) groups is 2. The highest BCUT2D eigenvalue weighted by Crippen LogP contribution is 2.17. The van der Waals surface area contributed by atoms with Gasteiger partial charge in [-0.1, -0.05) is 40.2 Å². The number of para-hydroxylation sites is 1. The molecule has 0 aliphatic carbocycles.